The summed E-state index contributed by atoms with van der Waals surface area (Å²) < 4.78 is 0. The van der Waals surface area contributed by atoms with Crippen LogP contribution in [0.4, 0.5) is 0 Å². The number of hydrazone groups is 1. The van der Waals surface area contributed by atoms with E-state index in [4.69, 9.17) is 0 Å². The molecular formula is C13H21N5. The average molecular weight is 247 g/mol. The van der Waals surface area contributed by atoms with Crippen LogP contribution in [0.15, 0.2) is 17.4 Å². The summed E-state index contributed by atoms with van der Waals surface area (Å²) in [6, 6.07) is 0.697. The zero-order valence-corrected chi connectivity index (χ0v) is 10.7. The first-order valence-electron chi connectivity index (χ1n) is 7.05. The lowest BCUT2D eigenvalue weighted by atomic mass is 9.74. The summed E-state index contributed by atoms with van der Waals surface area (Å²) in [5.41, 5.74) is 3.37. The van der Waals surface area contributed by atoms with Crippen LogP contribution >= 0.6 is 0 Å². The summed E-state index contributed by atoms with van der Waals surface area (Å²) in [6.45, 7) is 4.54. The van der Waals surface area contributed by atoms with Crippen LogP contribution in [0.2, 0.25) is 0 Å². The van der Waals surface area contributed by atoms with E-state index in [1.807, 2.05) is 0 Å². The first kappa shape index (κ1) is 10.8. The van der Waals surface area contributed by atoms with Gasteiger partial charge in [0.25, 0.3) is 0 Å². The van der Waals surface area contributed by atoms with E-state index in [0.717, 1.165) is 26.1 Å². The highest BCUT2D eigenvalue weighted by atomic mass is 15.4. The SMILES string of the molecule is C1=CC23CN(C4CCCNC4)CCC2(C=NN3)N1. The molecule has 2 saturated heterocycles. The Morgan fingerprint density at radius 2 is 2.33 bits per heavy atom. The molecule has 0 saturated carbocycles. The molecule has 0 radical (unpaired) electrons. The standard InChI is InChI=1S/C13H21N5/c1-2-11(8-14-5-1)18-7-4-12-9-16-17-13(12,10-18)3-6-15-12/h3,6,9,11,14-15,17H,1-2,4-5,7-8,10H2. The molecule has 0 aromatic heterocycles. The van der Waals surface area contributed by atoms with Crippen molar-refractivity contribution in [2.24, 2.45) is 5.10 Å². The van der Waals surface area contributed by atoms with E-state index in [9.17, 15) is 0 Å². The van der Waals surface area contributed by atoms with E-state index in [0.29, 0.717) is 6.04 Å². The normalized spacial score (nSPS) is 46.3. The summed E-state index contributed by atoms with van der Waals surface area (Å²) >= 11 is 0. The molecule has 0 aromatic rings. The Labute approximate surface area is 108 Å². The molecule has 3 atom stereocenters. The molecule has 2 fully saturated rings. The van der Waals surface area contributed by atoms with Gasteiger partial charge in [-0.1, -0.05) is 0 Å². The third kappa shape index (κ3) is 1.32. The highest BCUT2D eigenvalue weighted by molar-refractivity contribution is 5.78. The number of rotatable bonds is 1. The third-order valence-corrected chi connectivity index (χ3v) is 5.09. The molecule has 0 aliphatic carbocycles. The Bertz CT molecular complexity index is 400. The van der Waals surface area contributed by atoms with Gasteiger partial charge in [0.1, 0.15) is 11.1 Å². The second-order valence-corrected chi connectivity index (χ2v) is 6.01. The zero-order valence-electron chi connectivity index (χ0n) is 10.7. The van der Waals surface area contributed by atoms with Crippen LogP contribution in [0, 0.1) is 0 Å². The molecule has 4 heterocycles. The van der Waals surface area contributed by atoms with Crippen molar-refractivity contribution in [3.63, 3.8) is 0 Å². The van der Waals surface area contributed by atoms with Gasteiger partial charge in [-0.05, 0) is 38.1 Å². The van der Waals surface area contributed by atoms with Gasteiger partial charge in [-0.15, -0.1) is 0 Å². The van der Waals surface area contributed by atoms with E-state index in [1.54, 1.807) is 0 Å². The van der Waals surface area contributed by atoms with Crippen molar-refractivity contribution >= 4 is 6.21 Å². The summed E-state index contributed by atoms with van der Waals surface area (Å²) in [4.78, 5) is 2.64. The minimum Gasteiger partial charge on any atom is -0.378 e. The van der Waals surface area contributed by atoms with Crippen LogP contribution in [0.1, 0.15) is 19.3 Å². The number of hydrogen-bond donors (Lipinski definition) is 3. The fourth-order valence-electron chi connectivity index (χ4n) is 3.92. The van der Waals surface area contributed by atoms with Crippen LogP contribution in [0.3, 0.4) is 0 Å². The molecule has 4 aliphatic rings. The summed E-state index contributed by atoms with van der Waals surface area (Å²) in [5, 5.41) is 11.4. The highest BCUT2D eigenvalue weighted by Gasteiger charge is 2.58. The Balaban J connectivity index is 1.56. The van der Waals surface area contributed by atoms with Crippen LogP contribution in [0.5, 0.6) is 0 Å². The molecule has 4 rings (SSSR count). The molecule has 3 N–H and O–H groups in total. The van der Waals surface area contributed by atoms with Crippen molar-refractivity contribution in [2.75, 3.05) is 26.2 Å². The topological polar surface area (TPSA) is 51.7 Å². The van der Waals surface area contributed by atoms with Crippen LogP contribution in [-0.2, 0) is 0 Å². The number of hydrogen-bond acceptors (Lipinski definition) is 5. The number of nitrogens with zero attached hydrogens (tertiary/aromatic N) is 2. The Morgan fingerprint density at radius 3 is 3.22 bits per heavy atom. The molecule has 0 bridgehead atoms. The van der Waals surface area contributed by atoms with Gasteiger partial charge in [0, 0.05) is 25.7 Å². The van der Waals surface area contributed by atoms with Gasteiger partial charge < -0.3 is 10.6 Å². The Hall–Kier alpha value is -1.07. The second-order valence-electron chi connectivity index (χ2n) is 6.01. The Kier molecular flexibility index (Phi) is 2.23. The van der Waals surface area contributed by atoms with Gasteiger partial charge >= 0.3 is 0 Å². The number of likely N-dealkylation sites (tertiary alicyclic amines) is 1. The largest absolute Gasteiger partial charge is 0.378 e. The van der Waals surface area contributed by atoms with Gasteiger partial charge in [0.2, 0.25) is 0 Å². The fourth-order valence-corrected chi connectivity index (χ4v) is 3.92. The molecule has 3 unspecified atom stereocenters. The van der Waals surface area contributed by atoms with E-state index in [-0.39, 0.29) is 11.1 Å². The maximum Gasteiger partial charge on any atom is 0.115 e. The molecule has 5 heteroatoms. The van der Waals surface area contributed by atoms with Gasteiger partial charge in [-0.3, -0.25) is 10.3 Å². The summed E-state index contributed by atoms with van der Waals surface area (Å²) in [6.07, 6.45) is 10.2. The smallest absolute Gasteiger partial charge is 0.115 e. The monoisotopic (exact) mass is 247 g/mol. The van der Waals surface area contributed by atoms with Crippen molar-refractivity contribution in [1.29, 1.82) is 0 Å². The zero-order chi connectivity index (χ0) is 12.1. The van der Waals surface area contributed by atoms with Crippen LogP contribution < -0.4 is 16.1 Å². The predicted octanol–water partition coefficient (Wildman–Crippen LogP) is -0.372. The third-order valence-electron chi connectivity index (χ3n) is 5.09. The molecule has 98 valence electrons. The van der Waals surface area contributed by atoms with Crippen molar-refractivity contribution < 1.29 is 0 Å². The van der Waals surface area contributed by atoms with Crippen LogP contribution in [0.25, 0.3) is 0 Å². The highest BCUT2D eigenvalue weighted by Crippen LogP contribution is 2.39. The van der Waals surface area contributed by atoms with E-state index >= 15 is 0 Å². The molecule has 18 heavy (non-hydrogen) atoms. The maximum atomic E-state index is 4.34. The van der Waals surface area contributed by atoms with Gasteiger partial charge in [-0.2, -0.15) is 5.10 Å². The molecule has 0 aromatic carbocycles. The number of nitrogens with one attached hydrogen (secondary N) is 3. The quantitative estimate of drug-likeness (QED) is 0.592. The lowest BCUT2D eigenvalue weighted by Gasteiger charge is -2.49. The lowest BCUT2D eigenvalue weighted by Crippen LogP contribution is -2.70. The van der Waals surface area contributed by atoms with E-state index in [1.165, 1.54) is 19.4 Å². The van der Waals surface area contributed by atoms with E-state index < -0.39 is 0 Å². The fraction of sp³-hybridized carbons (Fsp3) is 0.769. The van der Waals surface area contributed by atoms with Gasteiger partial charge in [-0.25, -0.2) is 0 Å². The van der Waals surface area contributed by atoms with Gasteiger partial charge in [0.15, 0.2) is 0 Å². The molecule has 4 aliphatic heterocycles. The summed E-state index contributed by atoms with van der Waals surface area (Å²) in [7, 11) is 0. The lowest BCUT2D eigenvalue weighted by molar-refractivity contribution is 0.0699. The van der Waals surface area contributed by atoms with Gasteiger partial charge in [0.05, 0.1) is 6.21 Å². The molecule has 5 nitrogen and oxygen atoms in total. The first-order chi connectivity index (χ1) is 8.84. The van der Waals surface area contributed by atoms with Crippen molar-refractivity contribution in [2.45, 2.75) is 36.4 Å². The average Bonchev–Trinajstić information content (AvgIpc) is 2.94. The summed E-state index contributed by atoms with van der Waals surface area (Å²) in [5.74, 6) is 0. The predicted molar refractivity (Wildman–Crippen MR) is 71.4 cm³/mol. The Morgan fingerprint density at radius 1 is 1.33 bits per heavy atom. The van der Waals surface area contributed by atoms with Crippen molar-refractivity contribution in [3.05, 3.63) is 12.3 Å². The molecule has 0 spiro atoms. The van der Waals surface area contributed by atoms with E-state index in [2.05, 4.69) is 44.6 Å². The van der Waals surface area contributed by atoms with Crippen LogP contribution in [-0.4, -0.2) is 54.4 Å². The molecular weight excluding hydrogens is 226 g/mol. The minimum atomic E-state index is -0.0112. The minimum absolute atomic E-state index is 0.0112. The van der Waals surface area contributed by atoms with Crippen molar-refractivity contribution in [1.82, 2.24) is 21.0 Å². The van der Waals surface area contributed by atoms with Crippen molar-refractivity contribution in [3.8, 4) is 0 Å². The second kappa shape index (κ2) is 3.71. The number of piperidine rings is 2. The first-order valence-corrected chi connectivity index (χ1v) is 7.05. The maximum absolute atomic E-state index is 4.34. The molecule has 0 amide bonds.